The van der Waals surface area contributed by atoms with Crippen LogP contribution in [-0.4, -0.2) is 46.0 Å². The van der Waals surface area contributed by atoms with Crippen LogP contribution in [0.4, 0.5) is 5.95 Å². The van der Waals surface area contributed by atoms with Gasteiger partial charge in [0.05, 0.1) is 6.10 Å². The summed E-state index contributed by atoms with van der Waals surface area (Å²) < 4.78 is 5.58. The molecule has 1 amide bonds. The molecular formula is C15H26N4O2. The molecule has 1 heterocycles. The van der Waals surface area contributed by atoms with E-state index in [1.807, 2.05) is 41.5 Å². The van der Waals surface area contributed by atoms with Gasteiger partial charge in [0.25, 0.3) is 0 Å². The molecule has 0 aliphatic rings. The van der Waals surface area contributed by atoms with Crippen LogP contribution in [0.3, 0.4) is 0 Å². The number of hydrogen-bond acceptors (Lipinski definition) is 5. The van der Waals surface area contributed by atoms with Crippen LogP contribution in [0.2, 0.25) is 0 Å². The number of rotatable bonds is 7. The number of likely N-dealkylation sites (N-methyl/N-ethyl adjacent to an activating group) is 1. The van der Waals surface area contributed by atoms with Crippen LogP contribution in [0.1, 0.15) is 40.3 Å². The van der Waals surface area contributed by atoms with E-state index in [1.54, 1.807) is 11.0 Å². The molecule has 0 spiro atoms. The van der Waals surface area contributed by atoms with E-state index in [2.05, 4.69) is 15.3 Å². The predicted molar refractivity (Wildman–Crippen MR) is 83.5 cm³/mol. The fraction of sp³-hybridized carbons (Fsp3) is 0.667. The number of aryl methyl sites for hydroxylation is 1. The molecule has 0 radical (unpaired) electrons. The van der Waals surface area contributed by atoms with Crippen molar-refractivity contribution in [2.45, 2.75) is 53.7 Å². The van der Waals surface area contributed by atoms with Gasteiger partial charge in [0.2, 0.25) is 17.7 Å². The van der Waals surface area contributed by atoms with E-state index in [1.165, 1.54) is 0 Å². The zero-order valence-corrected chi connectivity index (χ0v) is 13.8. The Bertz CT molecular complexity index is 473. The first-order valence-corrected chi connectivity index (χ1v) is 7.45. The Hall–Kier alpha value is -1.85. The molecule has 1 N–H and O–H groups in total. The number of nitrogens with zero attached hydrogens (tertiary/aromatic N) is 3. The maximum absolute atomic E-state index is 12.2. The summed E-state index contributed by atoms with van der Waals surface area (Å²) in [6, 6.07) is 1.40. The first-order valence-electron chi connectivity index (χ1n) is 7.45. The summed E-state index contributed by atoms with van der Waals surface area (Å²) in [5, 5.41) is 3.05. The maximum Gasteiger partial charge on any atom is 0.244 e. The molecule has 0 fully saturated rings. The molecule has 0 aliphatic heterocycles. The zero-order chi connectivity index (χ0) is 16.0. The van der Waals surface area contributed by atoms with Crippen LogP contribution in [0.25, 0.3) is 0 Å². The monoisotopic (exact) mass is 294 g/mol. The molecule has 6 heteroatoms. The van der Waals surface area contributed by atoms with Crippen LogP contribution in [0.5, 0.6) is 5.88 Å². The molecule has 1 aromatic heterocycles. The standard InChI is InChI=1S/C15H26N4O2/c1-7-19(8-2)14(20)12(6)17-15-16-11(5)9-13(18-15)21-10(3)4/h9-10,12H,7-8H2,1-6H3,(H,16,17,18). The third-order valence-electron chi connectivity index (χ3n) is 2.98. The van der Waals surface area contributed by atoms with Gasteiger partial charge in [-0.15, -0.1) is 0 Å². The lowest BCUT2D eigenvalue weighted by Gasteiger charge is -2.23. The van der Waals surface area contributed by atoms with Crippen molar-refractivity contribution < 1.29 is 9.53 Å². The maximum atomic E-state index is 12.2. The van der Waals surface area contributed by atoms with Gasteiger partial charge in [0.15, 0.2) is 0 Å². The summed E-state index contributed by atoms with van der Waals surface area (Å²) in [6.07, 6.45) is 0.0434. The summed E-state index contributed by atoms with van der Waals surface area (Å²) in [5.41, 5.74) is 0.797. The molecule has 0 aromatic carbocycles. The minimum absolute atomic E-state index is 0.0384. The highest BCUT2D eigenvalue weighted by Gasteiger charge is 2.19. The fourth-order valence-electron chi connectivity index (χ4n) is 1.97. The average Bonchev–Trinajstić information content (AvgIpc) is 2.38. The summed E-state index contributed by atoms with van der Waals surface area (Å²) in [4.78, 5) is 22.6. The van der Waals surface area contributed by atoms with E-state index in [9.17, 15) is 4.79 Å². The minimum atomic E-state index is -0.376. The largest absolute Gasteiger partial charge is 0.475 e. The second-order valence-corrected chi connectivity index (χ2v) is 5.21. The van der Waals surface area contributed by atoms with Gasteiger partial charge >= 0.3 is 0 Å². The predicted octanol–water partition coefficient (Wildman–Crippen LogP) is 2.24. The first-order chi connectivity index (χ1) is 9.87. The smallest absolute Gasteiger partial charge is 0.244 e. The normalized spacial score (nSPS) is 12.1. The molecule has 6 nitrogen and oxygen atoms in total. The van der Waals surface area contributed by atoms with Crippen LogP contribution >= 0.6 is 0 Å². The highest BCUT2D eigenvalue weighted by Crippen LogP contribution is 2.14. The number of hydrogen-bond donors (Lipinski definition) is 1. The molecule has 0 bridgehead atoms. The van der Waals surface area contributed by atoms with E-state index in [-0.39, 0.29) is 18.1 Å². The highest BCUT2D eigenvalue weighted by atomic mass is 16.5. The Morgan fingerprint density at radius 2 is 1.90 bits per heavy atom. The Morgan fingerprint density at radius 1 is 1.29 bits per heavy atom. The second kappa shape index (κ2) is 7.81. The zero-order valence-electron chi connectivity index (χ0n) is 13.8. The molecule has 21 heavy (non-hydrogen) atoms. The second-order valence-electron chi connectivity index (χ2n) is 5.21. The lowest BCUT2D eigenvalue weighted by molar-refractivity contribution is -0.131. The topological polar surface area (TPSA) is 67.4 Å². The Morgan fingerprint density at radius 3 is 2.43 bits per heavy atom. The van der Waals surface area contributed by atoms with Crippen LogP contribution in [0, 0.1) is 6.92 Å². The molecule has 0 saturated carbocycles. The SMILES string of the molecule is CCN(CC)C(=O)C(C)Nc1nc(C)cc(OC(C)C)n1. The van der Waals surface area contributed by atoms with Crippen molar-refractivity contribution in [3.05, 3.63) is 11.8 Å². The van der Waals surface area contributed by atoms with Crippen molar-refractivity contribution in [2.24, 2.45) is 0 Å². The number of anilines is 1. The number of aromatic nitrogens is 2. The van der Waals surface area contributed by atoms with Crippen LogP contribution in [-0.2, 0) is 4.79 Å². The number of ether oxygens (including phenoxy) is 1. The molecule has 1 aromatic rings. The Balaban J connectivity index is 2.82. The van der Waals surface area contributed by atoms with Gasteiger partial charge in [-0.05, 0) is 41.5 Å². The molecule has 0 aliphatic carbocycles. The quantitative estimate of drug-likeness (QED) is 0.835. The number of amides is 1. The third kappa shape index (κ3) is 5.21. The summed E-state index contributed by atoms with van der Waals surface area (Å²) in [7, 11) is 0. The summed E-state index contributed by atoms with van der Waals surface area (Å²) in [6.45, 7) is 12.9. The summed E-state index contributed by atoms with van der Waals surface area (Å²) >= 11 is 0. The van der Waals surface area contributed by atoms with E-state index < -0.39 is 0 Å². The van der Waals surface area contributed by atoms with E-state index in [0.717, 1.165) is 5.69 Å². The molecule has 1 rings (SSSR count). The van der Waals surface area contributed by atoms with Crippen LogP contribution in [0.15, 0.2) is 6.07 Å². The van der Waals surface area contributed by atoms with Crippen molar-refractivity contribution in [3.8, 4) is 5.88 Å². The van der Waals surface area contributed by atoms with Gasteiger partial charge in [-0.25, -0.2) is 4.98 Å². The Kier molecular flexibility index (Phi) is 6.39. The number of carbonyl (C=O) groups excluding carboxylic acids is 1. The molecule has 118 valence electrons. The average molecular weight is 294 g/mol. The molecule has 0 saturated heterocycles. The van der Waals surface area contributed by atoms with Crippen molar-refractivity contribution in [1.29, 1.82) is 0 Å². The molecule has 1 unspecified atom stereocenters. The van der Waals surface area contributed by atoms with Gasteiger partial charge in [0.1, 0.15) is 6.04 Å². The van der Waals surface area contributed by atoms with Gasteiger partial charge in [-0.2, -0.15) is 4.98 Å². The molecular weight excluding hydrogens is 268 g/mol. The van der Waals surface area contributed by atoms with Crippen molar-refractivity contribution in [2.75, 3.05) is 18.4 Å². The first kappa shape index (κ1) is 17.2. The third-order valence-corrected chi connectivity index (χ3v) is 2.98. The van der Waals surface area contributed by atoms with Crippen molar-refractivity contribution in [3.63, 3.8) is 0 Å². The number of nitrogens with one attached hydrogen (secondary N) is 1. The van der Waals surface area contributed by atoms with Crippen molar-refractivity contribution in [1.82, 2.24) is 14.9 Å². The van der Waals surface area contributed by atoms with E-state index in [4.69, 9.17) is 4.74 Å². The van der Waals surface area contributed by atoms with E-state index >= 15 is 0 Å². The lowest BCUT2D eigenvalue weighted by Crippen LogP contribution is -2.41. The summed E-state index contributed by atoms with van der Waals surface area (Å²) in [5.74, 6) is 0.970. The van der Waals surface area contributed by atoms with Gasteiger partial charge < -0.3 is 15.0 Å². The van der Waals surface area contributed by atoms with Crippen LogP contribution < -0.4 is 10.1 Å². The van der Waals surface area contributed by atoms with Gasteiger partial charge in [0, 0.05) is 24.8 Å². The van der Waals surface area contributed by atoms with Gasteiger partial charge in [-0.1, -0.05) is 0 Å². The lowest BCUT2D eigenvalue weighted by atomic mass is 10.3. The van der Waals surface area contributed by atoms with Gasteiger partial charge in [-0.3, -0.25) is 4.79 Å². The van der Waals surface area contributed by atoms with E-state index in [0.29, 0.717) is 24.9 Å². The fourth-order valence-corrected chi connectivity index (χ4v) is 1.97. The highest BCUT2D eigenvalue weighted by molar-refractivity contribution is 5.83. The van der Waals surface area contributed by atoms with Crippen molar-refractivity contribution >= 4 is 11.9 Å². The number of carbonyl (C=O) groups is 1. The Labute approximate surface area is 126 Å². The minimum Gasteiger partial charge on any atom is -0.475 e. The molecule has 1 atom stereocenters.